The lowest BCUT2D eigenvalue weighted by Crippen LogP contribution is -2.39. The highest BCUT2D eigenvalue weighted by Gasteiger charge is 2.19. The standard InChI is InChI=1S/C16H18ClN3O3S/c1-20(11-8-13-6-9-18-10-7-13)16(21)12-19-24(22,23)15-5-3-2-4-14(15)17/h2-7,9-10,19H,8,11-12H2,1H3. The van der Waals surface area contributed by atoms with Crippen molar-refractivity contribution in [3.63, 3.8) is 0 Å². The van der Waals surface area contributed by atoms with Gasteiger partial charge in [-0.15, -0.1) is 0 Å². The number of hydrogen-bond donors (Lipinski definition) is 1. The molecule has 0 atom stereocenters. The summed E-state index contributed by atoms with van der Waals surface area (Å²) in [6.45, 7) is 0.164. The van der Waals surface area contributed by atoms with Gasteiger partial charge in [0.05, 0.1) is 11.6 Å². The first-order valence-electron chi connectivity index (χ1n) is 7.27. The van der Waals surface area contributed by atoms with Crippen LogP contribution < -0.4 is 4.72 Å². The summed E-state index contributed by atoms with van der Waals surface area (Å²) in [7, 11) is -2.19. The average molecular weight is 368 g/mol. The predicted molar refractivity (Wildman–Crippen MR) is 92.2 cm³/mol. The van der Waals surface area contributed by atoms with Gasteiger partial charge in [0.15, 0.2) is 0 Å². The number of pyridine rings is 1. The lowest BCUT2D eigenvalue weighted by molar-refractivity contribution is -0.128. The van der Waals surface area contributed by atoms with Crippen LogP contribution in [0.4, 0.5) is 0 Å². The number of hydrogen-bond acceptors (Lipinski definition) is 4. The van der Waals surface area contributed by atoms with E-state index in [0.717, 1.165) is 5.56 Å². The Kier molecular flexibility index (Phi) is 6.30. The summed E-state index contributed by atoms with van der Waals surface area (Å²) >= 11 is 5.88. The lowest BCUT2D eigenvalue weighted by Gasteiger charge is -2.17. The molecule has 8 heteroatoms. The van der Waals surface area contributed by atoms with Crippen LogP contribution in [0.5, 0.6) is 0 Å². The Balaban J connectivity index is 1.89. The monoisotopic (exact) mass is 367 g/mol. The van der Waals surface area contributed by atoms with Crippen LogP contribution in [0.2, 0.25) is 5.02 Å². The molecular formula is C16H18ClN3O3S. The molecule has 0 spiro atoms. The van der Waals surface area contributed by atoms with Crippen LogP contribution in [0.25, 0.3) is 0 Å². The van der Waals surface area contributed by atoms with E-state index >= 15 is 0 Å². The molecule has 1 aromatic carbocycles. The molecule has 2 rings (SSSR count). The molecule has 1 N–H and O–H groups in total. The number of rotatable bonds is 7. The first-order valence-corrected chi connectivity index (χ1v) is 9.13. The third-order valence-corrected chi connectivity index (χ3v) is 5.35. The molecule has 1 amide bonds. The summed E-state index contributed by atoms with van der Waals surface area (Å²) in [5.41, 5.74) is 1.06. The number of carbonyl (C=O) groups is 1. The van der Waals surface area contributed by atoms with E-state index in [9.17, 15) is 13.2 Å². The maximum absolute atomic E-state index is 12.2. The third kappa shape index (κ3) is 5.02. The highest BCUT2D eigenvalue weighted by Crippen LogP contribution is 2.19. The Labute approximate surface area is 146 Å². The molecule has 24 heavy (non-hydrogen) atoms. The Morgan fingerprint density at radius 3 is 2.54 bits per heavy atom. The second-order valence-electron chi connectivity index (χ2n) is 5.18. The molecule has 6 nitrogen and oxygen atoms in total. The van der Waals surface area contributed by atoms with Crippen molar-refractivity contribution in [1.82, 2.24) is 14.6 Å². The highest BCUT2D eigenvalue weighted by atomic mass is 35.5. The first kappa shape index (κ1) is 18.4. The summed E-state index contributed by atoms with van der Waals surface area (Å²) in [6, 6.07) is 9.83. The van der Waals surface area contributed by atoms with E-state index in [-0.39, 0.29) is 22.4 Å². The summed E-state index contributed by atoms with van der Waals surface area (Å²) in [4.78, 5) is 17.5. The van der Waals surface area contributed by atoms with E-state index in [1.807, 2.05) is 12.1 Å². The normalized spacial score (nSPS) is 11.2. The van der Waals surface area contributed by atoms with Crippen LogP contribution in [0, 0.1) is 0 Å². The van der Waals surface area contributed by atoms with Crippen molar-refractivity contribution >= 4 is 27.5 Å². The molecule has 2 aromatic rings. The number of sulfonamides is 1. The van der Waals surface area contributed by atoms with E-state index in [1.54, 1.807) is 31.6 Å². The third-order valence-electron chi connectivity index (χ3n) is 3.45. The minimum absolute atomic E-state index is 0.0427. The van der Waals surface area contributed by atoms with Gasteiger partial charge in [0.2, 0.25) is 15.9 Å². The molecule has 0 aliphatic heterocycles. The molecule has 0 fully saturated rings. The van der Waals surface area contributed by atoms with Crippen LogP contribution >= 0.6 is 11.6 Å². The van der Waals surface area contributed by atoms with Crippen molar-refractivity contribution in [2.75, 3.05) is 20.1 Å². The van der Waals surface area contributed by atoms with Crippen molar-refractivity contribution in [1.29, 1.82) is 0 Å². The van der Waals surface area contributed by atoms with Gasteiger partial charge < -0.3 is 4.90 Å². The number of carbonyl (C=O) groups excluding carboxylic acids is 1. The SMILES string of the molecule is CN(CCc1ccncc1)C(=O)CNS(=O)(=O)c1ccccc1Cl. The maximum atomic E-state index is 12.2. The molecule has 1 aromatic heterocycles. The zero-order valence-corrected chi connectivity index (χ0v) is 14.7. The zero-order valence-electron chi connectivity index (χ0n) is 13.1. The van der Waals surface area contributed by atoms with E-state index in [4.69, 9.17) is 11.6 Å². The fourth-order valence-electron chi connectivity index (χ4n) is 2.00. The Morgan fingerprint density at radius 2 is 1.88 bits per heavy atom. The van der Waals surface area contributed by atoms with Crippen LogP contribution in [0.1, 0.15) is 5.56 Å². The smallest absolute Gasteiger partial charge is 0.242 e. The molecule has 1 heterocycles. The van der Waals surface area contributed by atoms with Crippen LogP contribution in [0.15, 0.2) is 53.7 Å². The van der Waals surface area contributed by atoms with E-state index in [1.165, 1.54) is 17.0 Å². The van der Waals surface area contributed by atoms with Crippen molar-refractivity contribution in [3.8, 4) is 0 Å². The molecule has 0 saturated carbocycles. The predicted octanol–water partition coefficient (Wildman–Crippen LogP) is 1.71. The summed E-state index contributed by atoms with van der Waals surface area (Å²) in [5.74, 6) is -0.320. The molecule has 0 aliphatic rings. The molecule has 128 valence electrons. The zero-order chi connectivity index (χ0) is 17.6. The number of nitrogens with zero attached hydrogens (tertiary/aromatic N) is 2. The molecule has 0 aliphatic carbocycles. The molecule has 0 unspecified atom stereocenters. The Hall–Kier alpha value is -1.96. The number of amides is 1. The quantitative estimate of drug-likeness (QED) is 0.808. The van der Waals surface area contributed by atoms with Gasteiger partial charge in [0.25, 0.3) is 0 Å². The van der Waals surface area contributed by atoms with E-state index in [0.29, 0.717) is 13.0 Å². The minimum atomic E-state index is -3.82. The fourth-order valence-corrected chi connectivity index (χ4v) is 3.50. The Morgan fingerprint density at radius 1 is 1.21 bits per heavy atom. The van der Waals surface area contributed by atoms with Crippen LogP contribution in [-0.2, 0) is 21.2 Å². The molecule has 0 saturated heterocycles. The summed E-state index contributed by atoms with van der Waals surface area (Å²) in [5, 5.41) is 0.114. The first-order chi connectivity index (χ1) is 11.4. The number of benzene rings is 1. The average Bonchev–Trinajstić information content (AvgIpc) is 2.58. The van der Waals surface area contributed by atoms with Crippen molar-refractivity contribution in [2.45, 2.75) is 11.3 Å². The van der Waals surface area contributed by atoms with Gasteiger partial charge in [-0.2, -0.15) is 0 Å². The van der Waals surface area contributed by atoms with Gasteiger partial charge in [-0.05, 0) is 36.2 Å². The fraction of sp³-hybridized carbons (Fsp3) is 0.250. The molecule has 0 radical (unpaired) electrons. The second kappa shape index (κ2) is 8.23. The second-order valence-corrected chi connectivity index (χ2v) is 7.32. The Bertz CT molecular complexity index is 797. The topological polar surface area (TPSA) is 79.4 Å². The van der Waals surface area contributed by atoms with E-state index < -0.39 is 10.0 Å². The molecular weight excluding hydrogens is 350 g/mol. The number of likely N-dealkylation sites (N-methyl/N-ethyl adjacent to an activating group) is 1. The van der Waals surface area contributed by atoms with Gasteiger partial charge in [-0.1, -0.05) is 23.7 Å². The van der Waals surface area contributed by atoms with Gasteiger partial charge in [0, 0.05) is 26.0 Å². The van der Waals surface area contributed by atoms with E-state index in [2.05, 4.69) is 9.71 Å². The van der Waals surface area contributed by atoms with Crippen molar-refractivity contribution in [2.24, 2.45) is 0 Å². The number of nitrogens with one attached hydrogen (secondary N) is 1. The number of halogens is 1. The van der Waals surface area contributed by atoms with Gasteiger partial charge in [-0.3, -0.25) is 9.78 Å². The van der Waals surface area contributed by atoms with Gasteiger partial charge in [0.1, 0.15) is 4.90 Å². The van der Waals surface area contributed by atoms with Crippen LogP contribution in [0.3, 0.4) is 0 Å². The van der Waals surface area contributed by atoms with Gasteiger partial charge >= 0.3 is 0 Å². The van der Waals surface area contributed by atoms with Crippen molar-refractivity contribution in [3.05, 3.63) is 59.4 Å². The number of aromatic nitrogens is 1. The van der Waals surface area contributed by atoms with Crippen molar-refractivity contribution < 1.29 is 13.2 Å². The lowest BCUT2D eigenvalue weighted by atomic mass is 10.2. The highest BCUT2D eigenvalue weighted by molar-refractivity contribution is 7.89. The summed E-state index contributed by atoms with van der Waals surface area (Å²) < 4.78 is 26.7. The maximum Gasteiger partial charge on any atom is 0.242 e. The molecule has 0 bridgehead atoms. The van der Waals surface area contributed by atoms with Gasteiger partial charge in [-0.25, -0.2) is 13.1 Å². The summed E-state index contributed by atoms with van der Waals surface area (Å²) in [6.07, 6.45) is 4.05. The van der Waals surface area contributed by atoms with Crippen LogP contribution in [-0.4, -0.2) is 44.3 Å². The largest absolute Gasteiger partial charge is 0.344 e. The minimum Gasteiger partial charge on any atom is -0.344 e.